The second-order valence-electron chi connectivity index (χ2n) is 8.81. The Hall–Kier alpha value is -3.19. The van der Waals surface area contributed by atoms with E-state index in [4.69, 9.17) is 9.47 Å². The summed E-state index contributed by atoms with van der Waals surface area (Å²) in [6.07, 6.45) is 1.64. The van der Waals surface area contributed by atoms with Crippen molar-refractivity contribution >= 4 is 16.9 Å². The first-order valence-corrected chi connectivity index (χ1v) is 10.8. The molecule has 33 heavy (non-hydrogen) atoms. The molecule has 1 atom stereocenters. The van der Waals surface area contributed by atoms with Gasteiger partial charge in [-0.05, 0) is 42.5 Å². The lowest BCUT2D eigenvalue weighted by Gasteiger charge is -2.36. The number of hydrogen-bond donors (Lipinski definition) is 1. The normalized spacial score (nSPS) is 13.2. The summed E-state index contributed by atoms with van der Waals surface area (Å²) in [5, 5.41) is 10.5. The fourth-order valence-corrected chi connectivity index (χ4v) is 3.99. The number of carbonyl (C=O) groups excluding carboxylic acids is 1. The molecule has 3 rings (SSSR count). The lowest BCUT2D eigenvalue weighted by Crippen LogP contribution is -2.41. The number of aliphatic hydroxyl groups is 1. The molecular formula is C26H30FNO5. The quantitative estimate of drug-likeness (QED) is 0.541. The van der Waals surface area contributed by atoms with Gasteiger partial charge in [-0.2, -0.15) is 0 Å². The maximum Gasteiger partial charge on any atom is 0.343 e. The SMILES string of the molecule is COC(=O)c1cn([C@@](C)(CO)C(C)C)c2cc(OC)c(Cc3cccc(C)c3F)cc2c1=O. The molecule has 0 saturated carbocycles. The molecule has 0 radical (unpaired) electrons. The van der Waals surface area contributed by atoms with E-state index >= 15 is 0 Å². The number of fused-ring (bicyclic) bond motifs is 1. The van der Waals surface area contributed by atoms with Gasteiger partial charge in [-0.15, -0.1) is 0 Å². The maximum absolute atomic E-state index is 14.7. The zero-order valence-electron chi connectivity index (χ0n) is 19.9. The highest BCUT2D eigenvalue weighted by Crippen LogP contribution is 2.33. The number of rotatable bonds is 7. The van der Waals surface area contributed by atoms with Crippen molar-refractivity contribution < 1.29 is 23.8 Å². The van der Waals surface area contributed by atoms with Crippen LogP contribution in [0.4, 0.5) is 4.39 Å². The zero-order valence-corrected chi connectivity index (χ0v) is 19.9. The second-order valence-corrected chi connectivity index (χ2v) is 8.81. The number of ether oxygens (including phenoxy) is 2. The van der Waals surface area contributed by atoms with Crippen molar-refractivity contribution in [2.24, 2.45) is 5.92 Å². The first-order chi connectivity index (χ1) is 15.6. The van der Waals surface area contributed by atoms with Gasteiger partial charge in [-0.3, -0.25) is 4.79 Å². The summed E-state index contributed by atoms with van der Waals surface area (Å²) in [6, 6.07) is 8.51. The van der Waals surface area contributed by atoms with Crippen LogP contribution in [-0.2, 0) is 16.7 Å². The summed E-state index contributed by atoms with van der Waals surface area (Å²) in [6.45, 7) is 7.22. The fourth-order valence-electron chi connectivity index (χ4n) is 3.99. The molecule has 1 N–H and O–H groups in total. The molecule has 0 bridgehead atoms. The number of aryl methyl sites for hydroxylation is 1. The smallest absolute Gasteiger partial charge is 0.343 e. The predicted molar refractivity (Wildman–Crippen MR) is 126 cm³/mol. The number of carbonyl (C=O) groups is 1. The standard InChI is InChI=1S/C26H30FNO5/c1-15(2)26(4,14-29)28-13-20(25(31)33-6)24(30)19-11-18(22(32-5)12-21(19)28)10-17-9-7-8-16(3)23(17)27/h7-9,11-13,15,29H,10,14H2,1-6H3/t26-/m0/s1. The summed E-state index contributed by atoms with van der Waals surface area (Å²) >= 11 is 0. The Morgan fingerprint density at radius 3 is 2.48 bits per heavy atom. The highest BCUT2D eigenvalue weighted by molar-refractivity contribution is 5.94. The third-order valence-electron chi connectivity index (χ3n) is 6.58. The third kappa shape index (κ3) is 4.25. The van der Waals surface area contributed by atoms with Gasteiger partial charge in [0.05, 0.1) is 31.9 Å². The Bertz CT molecular complexity index is 1260. The fraction of sp³-hybridized carbons (Fsp3) is 0.385. The van der Waals surface area contributed by atoms with Crippen molar-refractivity contribution in [1.29, 1.82) is 0 Å². The highest BCUT2D eigenvalue weighted by atomic mass is 19.1. The Morgan fingerprint density at radius 2 is 1.91 bits per heavy atom. The van der Waals surface area contributed by atoms with E-state index in [2.05, 4.69) is 0 Å². The Kier molecular flexibility index (Phi) is 6.93. The third-order valence-corrected chi connectivity index (χ3v) is 6.58. The lowest BCUT2D eigenvalue weighted by molar-refractivity contribution is 0.0594. The van der Waals surface area contributed by atoms with E-state index in [-0.39, 0.29) is 35.7 Å². The van der Waals surface area contributed by atoms with Crippen LogP contribution in [0.25, 0.3) is 10.9 Å². The van der Waals surface area contributed by atoms with Gasteiger partial charge in [-0.1, -0.05) is 32.0 Å². The maximum atomic E-state index is 14.7. The van der Waals surface area contributed by atoms with Crippen LogP contribution in [0.3, 0.4) is 0 Å². The summed E-state index contributed by atoms with van der Waals surface area (Å²) in [5.41, 5.74) is 0.662. The molecule has 0 aliphatic rings. The molecule has 0 amide bonds. The summed E-state index contributed by atoms with van der Waals surface area (Å²) in [7, 11) is 2.72. The van der Waals surface area contributed by atoms with Crippen LogP contribution < -0.4 is 10.2 Å². The van der Waals surface area contributed by atoms with Crippen molar-refractivity contribution in [3.05, 3.63) is 74.8 Å². The number of benzene rings is 2. The van der Waals surface area contributed by atoms with E-state index < -0.39 is 16.9 Å². The van der Waals surface area contributed by atoms with Gasteiger partial charge in [-0.25, -0.2) is 9.18 Å². The van der Waals surface area contributed by atoms with Crippen molar-refractivity contribution in [3.8, 4) is 5.75 Å². The molecule has 6 nitrogen and oxygen atoms in total. The number of aliphatic hydroxyl groups excluding tert-OH is 1. The average molecular weight is 456 g/mol. The van der Waals surface area contributed by atoms with Gasteiger partial charge < -0.3 is 19.1 Å². The zero-order chi connectivity index (χ0) is 24.5. The molecule has 0 spiro atoms. The van der Waals surface area contributed by atoms with Gasteiger partial charge in [0, 0.05) is 24.1 Å². The number of aromatic nitrogens is 1. The van der Waals surface area contributed by atoms with Gasteiger partial charge in [0.1, 0.15) is 17.1 Å². The predicted octanol–water partition coefficient (Wildman–Crippen LogP) is 4.20. The number of esters is 1. The Labute approximate surface area is 192 Å². The van der Waals surface area contributed by atoms with Crippen LogP contribution in [0.1, 0.15) is 47.8 Å². The number of halogens is 1. The van der Waals surface area contributed by atoms with Crippen LogP contribution in [-0.4, -0.2) is 36.5 Å². The molecule has 7 heteroatoms. The lowest BCUT2D eigenvalue weighted by atomic mass is 9.87. The van der Waals surface area contributed by atoms with Crippen LogP contribution >= 0.6 is 0 Å². The van der Waals surface area contributed by atoms with Crippen LogP contribution in [0.2, 0.25) is 0 Å². The summed E-state index contributed by atoms with van der Waals surface area (Å²) < 4.78 is 26.9. The van der Waals surface area contributed by atoms with Crippen molar-refractivity contribution in [3.63, 3.8) is 0 Å². The largest absolute Gasteiger partial charge is 0.496 e. The van der Waals surface area contributed by atoms with E-state index in [1.807, 2.05) is 20.8 Å². The van der Waals surface area contributed by atoms with Gasteiger partial charge in [0.25, 0.3) is 0 Å². The van der Waals surface area contributed by atoms with Crippen LogP contribution in [0.5, 0.6) is 5.75 Å². The van der Waals surface area contributed by atoms with E-state index in [0.717, 1.165) is 0 Å². The van der Waals surface area contributed by atoms with Gasteiger partial charge in [0.15, 0.2) is 0 Å². The second kappa shape index (κ2) is 9.35. The molecule has 1 heterocycles. The minimum Gasteiger partial charge on any atom is -0.496 e. The molecule has 0 aliphatic heterocycles. The minimum absolute atomic E-state index is 0.0363. The molecule has 3 aromatic rings. The summed E-state index contributed by atoms with van der Waals surface area (Å²) in [4.78, 5) is 25.7. The number of nitrogens with zero attached hydrogens (tertiary/aromatic N) is 1. The first-order valence-electron chi connectivity index (χ1n) is 10.8. The van der Waals surface area contributed by atoms with Crippen molar-refractivity contribution in [2.45, 2.75) is 39.7 Å². The molecule has 0 aliphatic carbocycles. The van der Waals surface area contributed by atoms with E-state index in [1.165, 1.54) is 20.4 Å². The van der Waals surface area contributed by atoms with E-state index in [9.17, 15) is 19.1 Å². The number of hydrogen-bond acceptors (Lipinski definition) is 5. The van der Waals surface area contributed by atoms with Gasteiger partial charge >= 0.3 is 5.97 Å². The van der Waals surface area contributed by atoms with Crippen molar-refractivity contribution in [2.75, 3.05) is 20.8 Å². The van der Waals surface area contributed by atoms with E-state index in [0.29, 0.717) is 28.0 Å². The Balaban J connectivity index is 2.38. The molecule has 0 saturated heterocycles. The monoisotopic (exact) mass is 455 g/mol. The van der Waals surface area contributed by atoms with E-state index in [1.54, 1.807) is 41.8 Å². The van der Waals surface area contributed by atoms with Crippen molar-refractivity contribution in [1.82, 2.24) is 4.57 Å². The number of pyridine rings is 1. The van der Waals surface area contributed by atoms with Crippen LogP contribution in [0, 0.1) is 18.7 Å². The average Bonchev–Trinajstić information content (AvgIpc) is 2.80. The number of methoxy groups -OCH3 is 2. The molecule has 1 aromatic heterocycles. The molecule has 176 valence electrons. The molecule has 0 unspecified atom stereocenters. The molecule has 2 aromatic carbocycles. The van der Waals surface area contributed by atoms with Gasteiger partial charge in [0.2, 0.25) is 5.43 Å². The Morgan fingerprint density at radius 1 is 1.21 bits per heavy atom. The molecule has 0 fully saturated rings. The minimum atomic E-state index is -0.816. The highest BCUT2D eigenvalue weighted by Gasteiger charge is 2.32. The summed E-state index contributed by atoms with van der Waals surface area (Å²) in [5.74, 6) is -0.632. The molecular weight excluding hydrogens is 425 g/mol. The topological polar surface area (TPSA) is 77.8 Å². The first kappa shape index (κ1) is 24.5. The van der Waals surface area contributed by atoms with Crippen LogP contribution in [0.15, 0.2) is 41.3 Å².